The number of alkyl carbamates (subject to hydrolysis) is 1. The zero-order valence-corrected chi connectivity index (χ0v) is 30.1. The van der Waals surface area contributed by atoms with Gasteiger partial charge in [-0.2, -0.15) is 13.2 Å². The summed E-state index contributed by atoms with van der Waals surface area (Å²) in [4.78, 5) is 70.0. The van der Waals surface area contributed by atoms with Gasteiger partial charge >= 0.3 is 18.4 Å². The predicted octanol–water partition coefficient (Wildman–Crippen LogP) is 3.41. The molecule has 3 aliphatic heterocycles. The van der Waals surface area contributed by atoms with E-state index < -0.39 is 99.6 Å². The number of amides is 5. The maximum atomic E-state index is 14.0. The molecule has 0 aromatic heterocycles. The van der Waals surface area contributed by atoms with E-state index in [2.05, 4.69) is 11.9 Å². The summed E-state index contributed by atoms with van der Waals surface area (Å²) in [6.45, 7) is 6.68. The zero-order valence-electron chi connectivity index (χ0n) is 29.2. The lowest BCUT2D eigenvalue weighted by Gasteiger charge is -2.31. The molecular weight excluding hydrogens is 723 g/mol. The Balaban J connectivity index is 1.30. The van der Waals surface area contributed by atoms with E-state index in [9.17, 15) is 45.6 Å². The van der Waals surface area contributed by atoms with E-state index in [4.69, 9.17) is 9.47 Å². The number of ether oxygens (including phenoxy) is 2. The number of fused-ring (bicyclic) bond motifs is 3. The van der Waals surface area contributed by atoms with Gasteiger partial charge in [0, 0.05) is 18.9 Å². The number of allylic oxidation sites excluding steroid dienone is 1. The van der Waals surface area contributed by atoms with Crippen LogP contribution in [-0.2, 0) is 47.0 Å². The summed E-state index contributed by atoms with van der Waals surface area (Å²) in [6.07, 6.45) is -3.88. The Kier molecular flexibility index (Phi) is 10.1. The Morgan fingerprint density at radius 3 is 2.55 bits per heavy atom. The maximum Gasteiger partial charge on any atom is 0.410 e. The standard InChI is InChI=1S/C35H42F3N5O9S/c1-4-22-15-34(22,30(46)41-53(49,50)24-11-12-24)40-28(44)27-14-23-18-43(27)29(45)26(16-35(36,37)38)39-31(47)52-33(2,3)13-6-5-8-20-9-7-10-21-17-42(19-25(20)21)32(48)51-23/h4-5,7-10,22-24,26-27H,1,6,11-19H2,2-3H3,(H,39,47)(H,40,44)(H,41,46)/b8-5+/t22-,23-,26+,27+,34-/m1/s1. The van der Waals surface area contributed by atoms with E-state index >= 15 is 0 Å². The predicted molar refractivity (Wildman–Crippen MR) is 182 cm³/mol. The molecule has 288 valence electrons. The minimum Gasteiger partial charge on any atom is -0.444 e. The Morgan fingerprint density at radius 2 is 1.89 bits per heavy atom. The summed E-state index contributed by atoms with van der Waals surface area (Å²) in [5.41, 5.74) is -0.298. The number of benzene rings is 1. The average Bonchev–Trinajstić information content (AvgIpc) is 3.95. The topological polar surface area (TPSA) is 181 Å². The highest BCUT2D eigenvalue weighted by atomic mass is 32.2. The van der Waals surface area contributed by atoms with Crippen molar-refractivity contribution >= 4 is 46.0 Å². The number of cyclic esters (lactones) is 1. The monoisotopic (exact) mass is 765 g/mol. The molecule has 2 saturated carbocycles. The molecule has 4 bridgehead atoms. The number of hydrogen-bond donors (Lipinski definition) is 3. The lowest BCUT2D eigenvalue weighted by molar-refractivity contribution is -0.156. The Morgan fingerprint density at radius 1 is 1.15 bits per heavy atom. The molecule has 1 aromatic rings. The van der Waals surface area contributed by atoms with Crippen molar-refractivity contribution in [3.05, 3.63) is 53.6 Å². The molecule has 0 radical (unpaired) electrons. The number of carbonyl (C=O) groups excluding carboxylic acids is 5. The number of nitrogens with one attached hydrogen (secondary N) is 3. The van der Waals surface area contributed by atoms with E-state index in [1.54, 1.807) is 13.8 Å². The fraction of sp³-hybridized carbons (Fsp3) is 0.571. The molecule has 5 amide bonds. The first-order chi connectivity index (χ1) is 24.8. The molecule has 0 spiro atoms. The van der Waals surface area contributed by atoms with Crippen LogP contribution in [0.5, 0.6) is 0 Å². The van der Waals surface area contributed by atoms with Gasteiger partial charge in [0.05, 0.1) is 24.8 Å². The molecule has 5 aliphatic rings. The SMILES string of the molecule is C=C[C@@H]1C[C@]1(NC(=O)[C@@H]1C[C@@H]2CN1C(=O)[C@H](CC(F)(F)F)NC(=O)OC(C)(C)CC/C=C/c1cccc3c1CN(C3)C(=O)O2)C(=O)NS(=O)(=O)C1CC1. The lowest BCUT2D eigenvalue weighted by Crippen LogP contribution is -2.58. The molecular formula is C35H42F3N5O9S. The van der Waals surface area contributed by atoms with Crippen molar-refractivity contribution in [1.82, 2.24) is 25.2 Å². The van der Waals surface area contributed by atoms with Crippen LogP contribution in [0.4, 0.5) is 22.8 Å². The zero-order chi connectivity index (χ0) is 38.5. The van der Waals surface area contributed by atoms with Crippen molar-refractivity contribution in [3.8, 4) is 0 Å². The summed E-state index contributed by atoms with van der Waals surface area (Å²) >= 11 is 0. The molecule has 5 atom stereocenters. The maximum absolute atomic E-state index is 14.0. The van der Waals surface area contributed by atoms with Gasteiger partial charge < -0.3 is 25.0 Å². The highest BCUT2D eigenvalue weighted by Crippen LogP contribution is 2.45. The van der Waals surface area contributed by atoms with E-state index in [0.717, 1.165) is 21.6 Å². The number of halogens is 3. The van der Waals surface area contributed by atoms with Gasteiger partial charge in [-0.25, -0.2) is 18.0 Å². The quantitative estimate of drug-likeness (QED) is 0.351. The average molecular weight is 766 g/mol. The third-order valence-corrected chi connectivity index (χ3v) is 12.1. The second-order valence-electron chi connectivity index (χ2n) is 14.9. The second-order valence-corrected chi connectivity index (χ2v) is 16.8. The summed E-state index contributed by atoms with van der Waals surface area (Å²) < 4.78 is 80.1. The van der Waals surface area contributed by atoms with Crippen LogP contribution in [0.15, 0.2) is 36.9 Å². The van der Waals surface area contributed by atoms with Crippen LogP contribution < -0.4 is 15.4 Å². The molecule has 18 heteroatoms. The molecule has 1 aromatic carbocycles. The van der Waals surface area contributed by atoms with Gasteiger partial charge in [-0.1, -0.05) is 36.4 Å². The third kappa shape index (κ3) is 8.47. The van der Waals surface area contributed by atoms with Crippen molar-refractivity contribution in [1.29, 1.82) is 0 Å². The van der Waals surface area contributed by atoms with Crippen LogP contribution >= 0.6 is 0 Å². The van der Waals surface area contributed by atoms with E-state index in [1.807, 2.05) is 40.4 Å². The summed E-state index contributed by atoms with van der Waals surface area (Å²) in [7, 11) is -4.02. The highest BCUT2D eigenvalue weighted by molar-refractivity contribution is 7.91. The van der Waals surface area contributed by atoms with Gasteiger partial charge in [0.25, 0.3) is 5.91 Å². The largest absolute Gasteiger partial charge is 0.444 e. The van der Waals surface area contributed by atoms with Crippen molar-refractivity contribution in [2.24, 2.45) is 5.92 Å². The molecule has 53 heavy (non-hydrogen) atoms. The van der Waals surface area contributed by atoms with Crippen molar-refractivity contribution in [2.45, 2.75) is 113 Å². The van der Waals surface area contributed by atoms with Gasteiger partial charge in [-0.05, 0) is 62.6 Å². The first-order valence-electron chi connectivity index (χ1n) is 17.4. The number of alkyl halides is 3. The van der Waals surface area contributed by atoms with Crippen LogP contribution in [-0.4, -0.2) is 95.4 Å². The van der Waals surface area contributed by atoms with Gasteiger partial charge in [-0.15, -0.1) is 6.58 Å². The Bertz CT molecular complexity index is 1850. The number of carbonyl (C=O) groups is 5. The Labute approximate surface area is 304 Å². The lowest BCUT2D eigenvalue weighted by atomic mass is 10.00. The second kappa shape index (κ2) is 14.0. The fourth-order valence-corrected chi connectivity index (χ4v) is 8.45. The van der Waals surface area contributed by atoms with Gasteiger partial charge in [-0.3, -0.25) is 24.0 Å². The summed E-state index contributed by atoms with van der Waals surface area (Å²) in [5.74, 6) is -4.01. The van der Waals surface area contributed by atoms with Crippen molar-refractivity contribution in [2.75, 3.05) is 6.54 Å². The normalized spacial score (nSPS) is 29.4. The first-order valence-corrected chi connectivity index (χ1v) is 19.0. The van der Waals surface area contributed by atoms with Crippen LogP contribution in [0.25, 0.3) is 6.08 Å². The summed E-state index contributed by atoms with van der Waals surface area (Å²) in [5, 5.41) is 3.81. The van der Waals surface area contributed by atoms with Crippen LogP contribution in [0, 0.1) is 5.92 Å². The van der Waals surface area contributed by atoms with Crippen LogP contribution in [0.3, 0.4) is 0 Å². The third-order valence-electron chi connectivity index (χ3n) is 10.2. The molecule has 1 saturated heterocycles. The van der Waals surface area contributed by atoms with Crippen molar-refractivity contribution < 1.29 is 55.0 Å². The van der Waals surface area contributed by atoms with E-state index in [1.165, 1.54) is 11.0 Å². The minimum atomic E-state index is -4.95. The smallest absolute Gasteiger partial charge is 0.410 e. The number of rotatable bonds is 7. The Hall–Kier alpha value is -4.61. The number of hydrogen-bond acceptors (Lipinski definition) is 9. The first kappa shape index (κ1) is 38.1. The molecule has 3 heterocycles. The molecule has 14 nitrogen and oxygen atoms in total. The molecule has 6 rings (SSSR count). The van der Waals surface area contributed by atoms with E-state index in [0.29, 0.717) is 19.3 Å². The van der Waals surface area contributed by atoms with Gasteiger partial charge in [0.1, 0.15) is 29.3 Å². The fourth-order valence-electron chi connectivity index (χ4n) is 7.09. The van der Waals surface area contributed by atoms with Crippen LogP contribution in [0.2, 0.25) is 0 Å². The van der Waals surface area contributed by atoms with Gasteiger partial charge in [0.2, 0.25) is 21.8 Å². The number of nitrogens with zero attached hydrogens (tertiary/aromatic N) is 2. The highest BCUT2D eigenvalue weighted by Gasteiger charge is 2.62. The van der Waals surface area contributed by atoms with Gasteiger partial charge in [0.15, 0.2) is 0 Å². The molecule has 0 unspecified atom stereocenters. The summed E-state index contributed by atoms with van der Waals surface area (Å²) in [6, 6.07) is 1.78. The molecule has 3 N–H and O–H groups in total. The van der Waals surface area contributed by atoms with Crippen LogP contribution in [0.1, 0.15) is 75.5 Å². The van der Waals surface area contributed by atoms with Crippen molar-refractivity contribution in [3.63, 3.8) is 0 Å². The molecule has 2 aliphatic carbocycles. The number of sulfonamides is 1. The molecule has 3 fully saturated rings. The van der Waals surface area contributed by atoms with E-state index in [-0.39, 0.29) is 32.4 Å². The minimum absolute atomic E-state index is 0.0279.